The van der Waals surface area contributed by atoms with E-state index in [2.05, 4.69) is 43.1 Å². The minimum Gasteiger partial charge on any atom is -0.385 e. The normalized spacial score (nSPS) is 16.6. The molecular weight excluding hydrogens is 236 g/mol. The summed E-state index contributed by atoms with van der Waals surface area (Å²) in [5.74, 6) is 0. The lowest BCUT2D eigenvalue weighted by molar-refractivity contribution is 0.0378. The van der Waals surface area contributed by atoms with E-state index >= 15 is 0 Å². The summed E-state index contributed by atoms with van der Waals surface area (Å²) < 4.78 is 5.36. The first kappa shape index (κ1) is 14.4. The van der Waals surface area contributed by atoms with Gasteiger partial charge in [-0.2, -0.15) is 0 Å². The molecule has 0 aliphatic carbocycles. The molecule has 106 valence electrons. The minimum atomic E-state index is 0.892. The van der Waals surface area contributed by atoms with E-state index in [1.165, 1.54) is 35.3 Å². The maximum atomic E-state index is 5.36. The Morgan fingerprint density at radius 3 is 2.37 bits per heavy atom. The van der Waals surface area contributed by atoms with E-state index in [9.17, 15) is 0 Å². The van der Waals surface area contributed by atoms with Gasteiger partial charge >= 0.3 is 0 Å². The van der Waals surface area contributed by atoms with Gasteiger partial charge in [-0.3, -0.25) is 4.90 Å². The van der Waals surface area contributed by atoms with Crippen molar-refractivity contribution in [1.29, 1.82) is 0 Å². The minimum absolute atomic E-state index is 0.892. The lowest BCUT2D eigenvalue weighted by Crippen LogP contribution is -2.37. The third-order valence-corrected chi connectivity index (χ3v) is 3.73. The predicted molar refractivity (Wildman–Crippen MR) is 81.0 cm³/mol. The SMILES string of the molecule is Cc1cc(C)c(NCCCN2CCOCC2)c(C)c1. The van der Waals surface area contributed by atoms with Crippen molar-refractivity contribution in [3.8, 4) is 0 Å². The van der Waals surface area contributed by atoms with Crippen molar-refractivity contribution in [1.82, 2.24) is 4.90 Å². The van der Waals surface area contributed by atoms with E-state index in [-0.39, 0.29) is 0 Å². The first-order valence-electron chi connectivity index (χ1n) is 7.28. The molecule has 1 aliphatic rings. The fraction of sp³-hybridized carbons (Fsp3) is 0.625. The Morgan fingerprint density at radius 1 is 1.11 bits per heavy atom. The molecular formula is C16H26N2O. The summed E-state index contributed by atoms with van der Waals surface area (Å²) in [6.07, 6.45) is 1.19. The summed E-state index contributed by atoms with van der Waals surface area (Å²) in [5, 5.41) is 3.59. The summed E-state index contributed by atoms with van der Waals surface area (Å²) in [4.78, 5) is 2.49. The van der Waals surface area contributed by atoms with Crippen molar-refractivity contribution in [3.05, 3.63) is 28.8 Å². The van der Waals surface area contributed by atoms with E-state index in [1.54, 1.807) is 0 Å². The number of anilines is 1. The number of nitrogens with zero attached hydrogens (tertiary/aromatic N) is 1. The third-order valence-electron chi connectivity index (χ3n) is 3.73. The second-order valence-corrected chi connectivity index (χ2v) is 5.51. The molecule has 3 heteroatoms. The Labute approximate surface area is 116 Å². The summed E-state index contributed by atoms with van der Waals surface area (Å²) in [6.45, 7) is 12.7. The van der Waals surface area contributed by atoms with E-state index in [1.807, 2.05) is 0 Å². The molecule has 19 heavy (non-hydrogen) atoms. The predicted octanol–water partition coefficient (Wildman–Crippen LogP) is 2.75. The molecule has 0 aromatic heterocycles. The Morgan fingerprint density at radius 2 is 1.74 bits per heavy atom. The van der Waals surface area contributed by atoms with Crippen LogP contribution in [0.4, 0.5) is 5.69 Å². The lowest BCUT2D eigenvalue weighted by Gasteiger charge is -2.26. The molecule has 0 radical (unpaired) electrons. The van der Waals surface area contributed by atoms with Crippen molar-refractivity contribution < 1.29 is 4.74 Å². The summed E-state index contributed by atoms with van der Waals surface area (Å²) >= 11 is 0. The standard InChI is InChI=1S/C16H26N2O/c1-13-11-14(2)16(15(3)12-13)17-5-4-6-18-7-9-19-10-8-18/h11-12,17H,4-10H2,1-3H3. The smallest absolute Gasteiger partial charge is 0.0594 e. The molecule has 1 saturated heterocycles. The zero-order valence-electron chi connectivity index (χ0n) is 12.5. The van der Waals surface area contributed by atoms with Gasteiger partial charge in [0, 0.05) is 25.3 Å². The quantitative estimate of drug-likeness (QED) is 0.826. The molecule has 0 unspecified atom stereocenters. The largest absolute Gasteiger partial charge is 0.385 e. The van der Waals surface area contributed by atoms with Crippen LogP contribution in [0.2, 0.25) is 0 Å². The van der Waals surface area contributed by atoms with Gasteiger partial charge in [0.15, 0.2) is 0 Å². The van der Waals surface area contributed by atoms with Crippen LogP contribution in [0.3, 0.4) is 0 Å². The zero-order valence-corrected chi connectivity index (χ0v) is 12.5. The highest BCUT2D eigenvalue weighted by atomic mass is 16.5. The van der Waals surface area contributed by atoms with Gasteiger partial charge in [-0.1, -0.05) is 17.7 Å². The summed E-state index contributed by atoms with van der Waals surface area (Å²) in [7, 11) is 0. The maximum absolute atomic E-state index is 5.36. The average Bonchev–Trinajstić information content (AvgIpc) is 2.38. The van der Waals surface area contributed by atoms with Crippen molar-refractivity contribution in [3.63, 3.8) is 0 Å². The Bertz CT molecular complexity index is 388. The van der Waals surface area contributed by atoms with Crippen LogP contribution in [0, 0.1) is 20.8 Å². The molecule has 0 saturated carbocycles. The number of rotatable bonds is 5. The molecule has 1 heterocycles. The lowest BCUT2D eigenvalue weighted by atomic mass is 10.1. The molecule has 1 aliphatic heterocycles. The Hall–Kier alpha value is -1.06. The van der Waals surface area contributed by atoms with Crippen LogP contribution >= 0.6 is 0 Å². The highest BCUT2D eigenvalue weighted by Crippen LogP contribution is 2.21. The summed E-state index contributed by atoms with van der Waals surface area (Å²) in [5.41, 5.74) is 5.36. The maximum Gasteiger partial charge on any atom is 0.0594 e. The fourth-order valence-corrected chi connectivity index (χ4v) is 2.80. The van der Waals surface area contributed by atoms with Crippen molar-refractivity contribution in [2.75, 3.05) is 44.7 Å². The van der Waals surface area contributed by atoms with Crippen LogP contribution in [0.25, 0.3) is 0 Å². The molecule has 0 spiro atoms. The molecule has 0 bridgehead atoms. The van der Waals surface area contributed by atoms with Gasteiger partial charge in [0.2, 0.25) is 0 Å². The monoisotopic (exact) mass is 262 g/mol. The molecule has 1 N–H and O–H groups in total. The first-order valence-corrected chi connectivity index (χ1v) is 7.28. The number of hydrogen-bond donors (Lipinski definition) is 1. The van der Waals surface area contributed by atoms with Gasteiger partial charge in [0.1, 0.15) is 0 Å². The van der Waals surface area contributed by atoms with Crippen LogP contribution in [-0.4, -0.2) is 44.3 Å². The highest BCUT2D eigenvalue weighted by molar-refractivity contribution is 5.58. The van der Waals surface area contributed by atoms with Crippen molar-refractivity contribution in [2.24, 2.45) is 0 Å². The Kier molecular flexibility index (Phi) is 5.23. The van der Waals surface area contributed by atoms with Crippen molar-refractivity contribution in [2.45, 2.75) is 27.2 Å². The second kappa shape index (κ2) is 6.92. The molecule has 1 aromatic carbocycles. The van der Waals surface area contributed by atoms with Gasteiger partial charge in [-0.25, -0.2) is 0 Å². The number of hydrogen-bond acceptors (Lipinski definition) is 3. The molecule has 1 aromatic rings. The van der Waals surface area contributed by atoms with Crippen LogP contribution < -0.4 is 5.32 Å². The molecule has 3 nitrogen and oxygen atoms in total. The topological polar surface area (TPSA) is 24.5 Å². The first-order chi connectivity index (χ1) is 9.16. The molecule has 0 atom stereocenters. The highest BCUT2D eigenvalue weighted by Gasteiger charge is 2.09. The molecule has 1 fully saturated rings. The van der Waals surface area contributed by atoms with Gasteiger partial charge in [0.25, 0.3) is 0 Å². The van der Waals surface area contributed by atoms with Crippen LogP contribution in [0.5, 0.6) is 0 Å². The van der Waals surface area contributed by atoms with E-state index < -0.39 is 0 Å². The van der Waals surface area contributed by atoms with Crippen LogP contribution in [0.15, 0.2) is 12.1 Å². The van der Waals surface area contributed by atoms with E-state index in [0.29, 0.717) is 0 Å². The van der Waals surface area contributed by atoms with Gasteiger partial charge in [-0.15, -0.1) is 0 Å². The molecule has 0 amide bonds. The zero-order chi connectivity index (χ0) is 13.7. The van der Waals surface area contributed by atoms with E-state index in [0.717, 1.165) is 32.8 Å². The number of morpholine rings is 1. The number of ether oxygens (including phenoxy) is 1. The fourth-order valence-electron chi connectivity index (χ4n) is 2.80. The van der Waals surface area contributed by atoms with Gasteiger partial charge in [-0.05, 0) is 44.9 Å². The van der Waals surface area contributed by atoms with Crippen LogP contribution in [0.1, 0.15) is 23.1 Å². The van der Waals surface area contributed by atoms with Crippen molar-refractivity contribution >= 4 is 5.69 Å². The average molecular weight is 262 g/mol. The van der Waals surface area contributed by atoms with Crippen LogP contribution in [-0.2, 0) is 4.74 Å². The Balaban J connectivity index is 1.76. The number of aryl methyl sites for hydroxylation is 3. The van der Waals surface area contributed by atoms with Gasteiger partial charge < -0.3 is 10.1 Å². The summed E-state index contributed by atoms with van der Waals surface area (Å²) in [6, 6.07) is 4.49. The van der Waals surface area contributed by atoms with E-state index in [4.69, 9.17) is 4.74 Å². The molecule has 2 rings (SSSR count). The van der Waals surface area contributed by atoms with Gasteiger partial charge in [0.05, 0.1) is 13.2 Å². The second-order valence-electron chi connectivity index (χ2n) is 5.51. The third kappa shape index (κ3) is 4.22. The number of benzene rings is 1. The number of nitrogens with one attached hydrogen (secondary N) is 1.